The fraction of sp³-hybridized carbons (Fsp3) is 0.286. The highest BCUT2D eigenvalue weighted by Crippen LogP contribution is 2.23. The van der Waals surface area contributed by atoms with Gasteiger partial charge in [0.25, 0.3) is 5.91 Å². The molecule has 22 heavy (non-hydrogen) atoms. The largest absolute Gasteiger partial charge is 0.481 e. The maximum Gasteiger partial charge on any atom is 0.347 e. The van der Waals surface area contributed by atoms with Crippen molar-refractivity contribution in [2.45, 2.75) is 19.9 Å². The van der Waals surface area contributed by atoms with Crippen LogP contribution >= 0.6 is 11.3 Å². The van der Waals surface area contributed by atoms with Crippen LogP contribution in [0.25, 0.3) is 0 Å². The Hall–Kier alpha value is -2.48. The second-order valence-corrected chi connectivity index (χ2v) is 5.59. The summed E-state index contributed by atoms with van der Waals surface area (Å²) in [6.45, 7) is 3.38. The average molecular weight is 321 g/mol. The summed E-state index contributed by atoms with van der Waals surface area (Å²) < 4.78 is 4.93. The van der Waals surface area contributed by atoms with Gasteiger partial charge in [-0.15, -0.1) is 11.3 Å². The number of pyridine rings is 1. The Kier molecular flexibility index (Phi) is 4.71. The number of aromatic nitrogens is 2. The highest BCUT2D eigenvalue weighted by Gasteiger charge is 2.19. The van der Waals surface area contributed by atoms with Gasteiger partial charge in [-0.3, -0.25) is 4.79 Å². The molecule has 0 radical (unpaired) electrons. The summed E-state index contributed by atoms with van der Waals surface area (Å²) in [5.41, 5.74) is 0.832. The van der Waals surface area contributed by atoms with Gasteiger partial charge < -0.3 is 15.2 Å². The number of carbonyl (C=O) groups excluding carboxylic acids is 1. The van der Waals surface area contributed by atoms with Crippen molar-refractivity contribution < 1.29 is 19.4 Å². The number of thiazole rings is 1. The van der Waals surface area contributed by atoms with E-state index in [0.29, 0.717) is 22.1 Å². The van der Waals surface area contributed by atoms with Gasteiger partial charge in [0.05, 0.1) is 24.4 Å². The minimum absolute atomic E-state index is 0.183. The summed E-state index contributed by atoms with van der Waals surface area (Å²) >= 11 is 1.06. The van der Waals surface area contributed by atoms with Crippen molar-refractivity contribution in [3.8, 4) is 5.88 Å². The first-order valence-electron chi connectivity index (χ1n) is 6.44. The Balaban J connectivity index is 2.10. The molecule has 0 aliphatic heterocycles. The number of aromatic carboxylic acids is 1. The maximum atomic E-state index is 12.1. The molecule has 0 saturated heterocycles. The Morgan fingerprint density at radius 2 is 2.14 bits per heavy atom. The van der Waals surface area contributed by atoms with Crippen molar-refractivity contribution in [2.75, 3.05) is 7.11 Å². The Morgan fingerprint density at radius 3 is 2.64 bits per heavy atom. The van der Waals surface area contributed by atoms with Crippen LogP contribution in [0, 0.1) is 6.92 Å². The topological polar surface area (TPSA) is 101 Å². The number of methoxy groups -OCH3 is 1. The van der Waals surface area contributed by atoms with Crippen LogP contribution in [0.3, 0.4) is 0 Å². The molecule has 0 saturated carbocycles. The van der Waals surface area contributed by atoms with Crippen LogP contribution in [0.5, 0.6) is 5.88 Å². The molecule has 2 aromatic heterocycles. The Bertz CT molecular complexity index is 697. The molecule has 2 heterocycles. The summed E-state index contributed by atoms with van der Waals surface area (Å²) in [6, 6.07) is 2.80. The van der Waals surface area contributed by atoms with Crippen molar-refractivity contribution >= 4 is 23.2 Å². The lowest BCUT2D eigenvalue weighted by molar-refractivity contribution is 0.0701. The number of carboxylic acid groups (broad SMARTS) is 1. The minimum atomic E-state index is -1.01. The van der Waals surface area contributed by atoms with E-state index in [0.717, 1.165) is 11.3 Å². The van der Waals surface area contributed by atoms with Crippen LogP contribution in [-0.4, -0.2) is 34.1 Å². The van der Waals surface area contributed by atoms with Crippen LogP contribution in [0.15, 0.2) is 18.3 Å². The molecule has 0 bridgehead atoms. The lowest BCUT2D eigenvalue weighted by atomic mass is 10.2. The summed E-state index contributed by atoms with van der Waals surface area (Å²) in [5, 5.41) is 12.3. The molecule has 1 atom stereocenters. The number of carbonyl (C=O) groups is 2. The molecular formula is C14H15N3O4S. The molecule has 1 unspecified atom stereocenters. The van der Waals surface area contributed by atoms with Gasteiger partial charge in [0.15, 0.2) is 0 Å². The molecule has 116 valence electrons. The second-order valence-electron chi connectivity index (χ2n) is 4.56. The Labute approximate surface area is 131 Å². The van der Waals surface area contributed by atoms with Crippen molar-refractivity contribution in [2.24, 2.45) is 0 Å². The first-order valence-corrected chi connectivity index (χ1v) is 7.25. The molecule has 2 N–H and O–H groups in total. The predicted octanol–water partition coefficient (Wildman–Crippen LogP) is 2.04. The molecule has 1 amide bonds. The van der Waals surface area contributed by atoms with Crippen molar-refractivity contribution in [1.82, 2.24) is 15.3 Å². The number of aryl methyl sites for hydroxylation is 1. The lowest BCUT2D eigenvalue weighted by Crippen LogP contribution is -2.26. The SMILES string of the molecule is COc1ccc(C(=O)NC(C)c2nc(C)c(C(=O)O)s2)cn1. The van der Waals surface area contributed by atoms with Gasteiger partial charge in [-0.1, -0.05) is 0 Å². The highest BCUT2D eigenvalue weighted by molar-refractivity contribution is 7.13. The van der Waals surface area contributed by atoms with E-state index >= 15 is 0 Å². The van der Waals surface area contributed by atoms with Crippen LogP contribution in [-0.2, 0) is 0 Å². The number of amides is 1. The van der Waals surface area contributed by atoms with Gasteiger partial charge in [-0.25, -0.2) is 14.8 Å². The maximum absolute atomic E-state index is 12.1. The number of carboxylic acids is 1. The third-order valence-corrected chi connectivity index (χ3v) is 4.26. The number of rotatable bonds is 5. The summed E-state index contributed by atoms with van der Waals surface area (Å²) in [5.74, 6) is -0.905. The van der Waals surface area contributed by atoms with E-state index in [4.69, 9.17) is 9.84 Å². The number of ether oxygens (including phenoxy) is 1. The molecule has 2 rings (SSSR count). The van der Waals surface area contributed by atoms with Crippen LogP contribution in [0.4, 0.5) is 0 Å². The standard InChI is InChI=1S/C14H15N3O4S/c1-7-11(14(19)20)22-13(17-7)8(2)16-12(18)9-4-5-10(21-3)15-6-9/h4-6,8H,1-3H3,(H,16,18)(H,19,20). The van der Waals surface area contributed by atoms with E-state index in [2.05, 4.69) is 15.3 Å². The monoisotopic (exact) mass is 321 g/mol. The fourth-order valence-corrected chi connectivity index (χ4v) is 2.69. The number of nitrogens with one attached hydrogen (secondary N) is 1. The van der Waals surface area contributed by atoms with Crippen molar-refractivity contribution in [1.29, 1.82) is 0 Å². The summed E-state index contributed by atoms with van der Waals surface area (Å²) in [7, 11) is 1.50. The third kappa shape index (κ3) is 3.40. The molecule has 0 aliphatic rings. The molecule has 0 aromatic carbocycles. The van der Waals surface area contributed by atoms with Crippen molar-refractivity contribution in [3.05, 3.63) is 39.5 Å². The lowest BCUT2D eigenvalue weighted by Gasteiger charge is -2.11. The molecule has 0 aliphatic carbocycles. The minimum Gasteiger partial charge on any atom is -0.481 e. The zero-order chi connectivity index (χ0) is 16.3. The smallest absolute Gasteiger partial charge is 0.347 e. The predicted molar refractivity (Wildman–Crippen MR) is 80.5 cm³/mol. The number of hydrogen-bond donors (Lipinski definition) is 2. The third-order valence-electron chi connectivity index (χ3n) is 2.93. The van der Waals surface area contributed by atoms with Crippen LogP contribution in [0.2, 0.25) is 0 Å². The van der Waals surface area contributed by atoms with Gasteiger partial charge in [0, 0.05) is 12.3 Å². The van der Waals surface area contributed by atoms with Crippen molar-refractivity contribution in [3.63, 3.8) is 0 Å². The van der Waals surface area contributed by atoms with Gasteiger partial charge in [-0.2, -0.15) is 0 Å². The van der Waals surface area contributed by atoms with Crippen LogP contribution in [0.1, 0.15) is 43.7 Å². The van der Waals surface area contributed by atoms with E-state index in [1.807, 2.05) is 0 Å². The van der Waals surface area contributed by atoms with Gasteiger partial charge >= 0.3 is 5.97 Å². The Morgan fingerprint density at radius 1 is 1.41 bits per heavy atom. The van der Waals surface area contributed by atoms with Gasteiger partial charge in [0.1, 0.15) is 9.88 Å². The fourth-order valence-electron chi connectivity index (χ4n) is 1.78. The zero-order valence-electron chi connectivity index (χ0n) is 12.3. The van der Waals surface area contributed by atoms with Gasteiger partial charge in [-0.05, 0) is 19.9 Å². The molecular weight excluding hydrogens is 306 g/mol. The molecule has 8 heteroatoms. The molecule has 2 aromatic rings. The molecule has 0 spiro atoms. The number of nitrogens with zero attached hydrogens (tertiary/aromatic N) is 2. The van der Waals surface area contributed by atoms with Crippen LogP contribution < -0.4 is 10.1 Å². The average Bonchev–Trinajstić information content (AvgIpc) is 2.89. The zero-order valence-corrected chi connectivity index (χ0v) is 13.1. The quantitative estimate of drug-likeness (QED) is 0.874. The first kappa shape index (κ1) is 15.9. The van der Waals surface area contributed by atoms with E-state index in [-0.39, 0.29) is 10.8 Å². The summed E-state index contributed by atoms with van der Waals surface area (Å²) in [4.78, 5) is 31.5. The highest BCUT2D eigenvalue weighted by atomic mass is 32.1. The van der Waals surface area contributed by atoms with E-state index in [9.17, 15) is 9.59 Å². The second kappa shape index (κ2) is 6.52. The first-order chi connectivity index (χ1) is 10.4. The number of hydrogen-bond acceptors (Lipinski definition) is 6. The summed E-state index contributed by atoms with van der Waals surface area (Å²) in [6.07, 6.45) is 1.41. The molecule has 0 fully saturated rings. The van der Waals surface area contributed by atoms with E-state index in [1.165, 1.54) is 13.3 Å². The normalized spacial score (nSPS) is 11.8. The molecule has 7 nitrogen and oxygen atoms in total. The van der Waals surface area contributed by atoms with Gasteiger partial charge in [0.2, 0.25) is 5.88 Å². The van der Waals surface area contributed by atoms with E-state index in [1.54, 1.807) is 26.0 Å². The van der Waals surface area contributed by atoms with E-state index < -0.39 is 12.0 Å².